The summed E-state index contributed by atoms with van der Waals surface area (Å²) in [5.74, 6) is 0.121. The van der Waals surface area contributed by atoms with E-state index in [4.69, 9.17) is 0 Å². The van der Waals surface area contributed by atoms with E-state index in [9.17, 15) is 4.79 Å². The largest absolute Gasteiger partial charge is 0.295 e. The first kappa shape index (κ1) is 11.6. The lowest BCUT2D eigenvalue weighted by Gasteiger charge is -2.11. The molecule has 0 aliphatic rings. The van der Waals surface area contributed by atoms with Crippen LogP contribution in [0.2, 0.25) is 0 Å². The molecule has 1 heteroatoms. The van der Waals surface area contributed by atoms with E-state index >= 15 is 0 Å². The predicted octanol–water partition coefficient (Wildman–Crippen LogP) is 4.17. The van der Waals surface area contributed by atoms with Crippen molar-refractivity contribution < 1.29 is 4.79 Å². The van der Waals surface area contributed by atoms with Crippen LogP contribution in [-0.4, -0.2) is 5.78 Å². The SMILES string of the molecule is CC(=O)c1cc(C)c(-c2ccccc2)c(C)c1. The molecule has 2 aromatic carbocycles. The summed E-state index contributed by atoms with van der Waals surface area (Å²) >= 11 is 0. The second kappa shape index (κ2) is 4.54. The Balaban J connectivity index is 2.61. The van der Waals surface area contributed by atoms with Gasteiger partial charge in [-0.3, -0.25) is 4.79 Å². The van der Waals surface area contributed by atoms with Gasteiger partial charge in [0.05, 0.1) is 0 Å². The molecular weight excluding hydrogens is 208 g/mol. The van der Waals surface area contributed by atoms with Gasteiger partial charge >= 0.3 is 0 Å². The molecule has 0 saturated heterocycles. The number of rotatable bonds is 2. The first-order chi connectivity index (χ1) is 8.09. The summed E-state index contributed by atoms with van der Waals surface area (Å²) in [6.07, 6.45) is 0. The summed E-state index contributed by atoms with van der Waals surface area (Å²) in [6, 6.07) is 14.2. The van der Waals surface area contributed by atoms with Crippen LogP contribution in [0.3, 0.4) is 0 Å². The Labute approximate surface area is 102 Å². The van der Waals surface area contributed by atoms with E-state index in [1.807, 2.05) is 30.3 Å². The average Bonchev–Trinajstić information content (AvgIpc) is 2.29. The number of carbonyl (C=O) groups excluding carboxylic acids is 1. The number of Topliss-reactive ketones (excluding diaryl/α,β-unsaturated/α-hetero) is 1. The third-order valence-electron chi connectivity index (χ3n) is 3.00. The van der Waals surface area contributed by atoms with Crippen LogP contribution < -0.4 is 0 Å². The molecule has 0 aliphatic heterocycles. The van der Waals surface area contributed by atoms with Crippen LogP contribution in [0.15, 0.2) is 42.5 Å². The minimum absolute atomic E-state index is 0.121. The zero-order valence-corrected chi connectivity index (χ0v) is 10.4. The maximum atomic E-state index is 11.4. The molecule has 0 aliphatic carbocycles. The molecule has 0 heterocycles. The van der Waals surface area contributed by atoms with E-state index in [1.165, 1.54) is 11.1 Å². The van der Waals surface area contributed by atoms with Gasteiger partial charge < -0.3 is 0 Å². The van der Waals surface area contributed by atoms with E-state index in [0.29, 0.717) is 0 Å². The van der Waals surface area contributed by atoms with Crippen LogP contribution in [0.1, 0.15) is 28.4 Å². The molecule has 0 bridgehead atoms. The highest BCUT2D eigenvalue weighted by Crippen LogP contribution is 2.28. The van der Waals surface area contributed by atoms with Crippen LogP contribution in [0, 0.1) is 13.8 Å². The van der Waals surface area contributed by atoms with Crippen LogP contribution in [0.25, 0.3) is 11.1 Å². The molecule has 0 spiro atoms. The molecule has 17 heavy (non-hydrogen) atoms. The van der Waals surface area contributed by atoms with Gasteiger partial charge in [-0.1, -0.05) is 30.3 Å². The molecule has 1 nitrogen and oxygen atoms in total. The fourth-order valence-electron chi connectivity index (χ4n) is 2.23. The maximum absolute atomic E-state index is 11.4. The molecule has 0 amide bonds. The van der Waals surface area contributed by atoms with Crippen LogP contribution in [0.5, 0.6) is 0 Å². The Bertz CT molecular complexity index is 530. The lowest BCUT2D eigenvalue weighted by Crippen LogP contribution is -1.97. The van der Waals surface area contributed by atoms with E-state index < -0.39 is 0 Å². The number of benzene rings is 2. The highest BCUT2D eigenvalue weighted by molar-refractivity contribution is 5.95. The predicted molar refractivity (Wildman–Crippen MR) is 71.4 cm³/mol. The second-order valence-corrected chi connectivity index (χ2v) is 4.41. The fourth-order valence-corrected chi connectivity index (χ4v) is 2.23. The normalized spacial score (nSPS) is 10.3. The van der Waals surface area contributed by atoms with Crippen LogP contribution >= 0.6 is 0 Å². The third kappa shape index (κ3) is 2.28. The molecule has 0 unspecified atom stereocenters. The van der Waals surface area contributed by atoms with E-state index in [0.717, 1.165) is 16.7 Å². The van der Waals surface area contributed by atoms with Crippen molar-refractivity contribution in [3.63, 3.8) is 0 Å². The van der Waals surface area contributed by atoms with E-state index in [1.54, 1.807) is 6.92 Å². The van der Waals surface area contributed by atoms with Gasteiger partial charge in [0.1, 0.15) is 0 Å². The minimum Gasteiger partial charge on any atom is -0.295 e. The van der Waals surface area contributed by atoms with Crippen LogP contribution in [0.4, 0.5) is 0 Å². The number of hydrogen-bond donors (Lipinski definition) is 0. The number of ketones is 1. The standard InChI is InChI=1S/C16H16O/c1-11-9-15(13(3)17)10-12(2)16(11)14-7-5-4-6-8-14/h4-10H,1-3H3. The molecule has 86 valence electrons. The van der Waals surface area contributed by atoms with Gasteiger partial charge in [-0.25, -0.2) is 0 Å². The molecule has 0 atom stereocenters. The van der Waals surface area contributed by atoms with Crippen molar-refractivity contribution in [2.75, 3.05) is 0 Å². The molecule has 0 aromatic heterocycles. The molecule has 0 radical (unpaired) electrons. The highest BCUT2D eigenvalue weighted by atomic mass is 16.1. The molecular formula is C16H16O. The molecule has 0 N–H and O–H groups in total. The number of carbonyl (C=O) groups is 1. The van der Waals surface area contributed by atoms with Crippen molar-refractivity contribution >= 4 is 5.78 Å². The Morgan fingerprint density at radius 1 is 0.941 bits per heavy atom. The third-order valence-corrected chi connectivity index (χ3v) is 3.00. The Kier molecular flexibility index (Phi) is 3.10. The lowest BCUT2D eigenvalue weighted by molar-refractivity contribution is 0.101. The minimum atomic E-state index is 0.121. The number of hydrogen-bond acceptors (Lipinski definition) is 1. The zero-order chi connectivity index (χ0) is 12.4. The van der Waals surface area contributed by atoms with Gasteiger partial charge in [-0.15, -0.1) is 0 Å². The lowest BCUT2D eigenvalue weighted by atomic mass is 9.93. The summed E-state index contributed by atoms with van der Waals surface area (Å²) in [6.45, 7) is 5.72. The number of aryl methyl sites for hydroxylation is 2. The summed E-state index contributed by atoms with van der Waals surface area (Å²) in [5, 5.41) is 0. The average molecular weight is 224 g/mol. The summed E-state index contributed by atoms with van der Waals surface area (Å²) in [7, 11) is 0. The smallest absolute Gasteiger partial charge is 0.159 e. The van der Waals surface area contributed by atoms with Gasteiger partial charge in [0.15, 0.2) is 5.78 Å². The monoisotopic (exact) mass is 224 g/mol. The van der Waals surface area contributed by atoms with Crippen molar-refractivity contribution in [2.24, 2.45) is 0 Å². The second-order valence-electron chi connectivity index (χ2n) is 4.41. The van der Waals surface area contributed by atoms with Gasteiger partial charge in [-0.05, 0) is 55.2 Å². The Hall–Kier alpha value is -1.89. The molecule has 0 fully saturated rings. The van der Waals surface area contributed by atoms with E-state index in [2.05, 4.69) is 26.0 Å². The summed E-state index contributed by atoms with van der Waals surface area (Å²) < 4.78 is 0. The highest BCUT2D eigenvalue weighted by Gasteiger charge is 2.09. The van der Waals surface area contributed by atoms with Crippen molar-refractivity contribution in [2.45, 2.75) is 20.8 Å². The van der Waals surface area contributed by atoms with Crippen molar-refractivity contribution in [3.05, 3.63) is 59.2 Å². The van der Waals surface area contributed by atoms with Gasteiger partial charge in [0.2, 0.25) is 0 Å². The molecule has 2 rings (SSSR count). The zero-order valence-electron chi connectivity index (χ0n) is 10.4. The van der Waals surface area contributed by atoms with Gasteiger partial charge in [0.25, 0.3) is 0 Å². The molecule has 0 saturated carbocycles. The maximum Gasteiger partial charge on any atom is 0.159 e. The van der Waals surface area contributed by atoms with Gasteiger partial charge in [-0.2, -0.15) is 0 Å². The van der Waals surface area contributed by atoms with Crippen LogP contribution in [-0.2, 0) is 0 Å². The molecule has 2 aromatic rings. The fraction of sp³-hybridized carbons (Fsp3) is 0.188. The Morgan fingerprint density at radius 2 is 1.47 bits per heavy atom. The first-order valence-electron chi connectivity index (χ1n) is 5.77. The summed E-state index contributed by atoms with van der Waals surface area (Å²) in [5.41, 5.74) is 5.54. The van der Waals surface area contributed by atoms with Gasteiger partial charge in [0, 0.05) is 5.56 Å². The van der Waals surface area contributed by atoms with Crippen molar-refractivity contribution in [1.29, 1.82) is 0 Å². The Morgan fingerprint density at radius 3 is 1.94 bits per heavy atom. The quantitative estimate of drug-likeness (QED) is 0.699. The first-order valence-corrected chi connectivity index (χ1v) is 5.77. The van der Waals surface area contributed by atoms with Crippen molar-refractivity contribution in [1.82, 2.24) is 0 Å². The van der Waals surface area contributed by atoms with E-state index in [-0.39, 0.29) is 5.78 Å². The van der Waals surface area contributed by atoms with Crippen molar-refractivity contribution in [3.8, 4) is 11.1 Å². The topological polar surface area (TPSA) is 17.1 Å². The summed E-state index contributed by atoms with van der Waals surface area (Å²) in [4.78, 5) is 11.4.